The number of para-hydroxylation sites is 1. The first-order valence-electron chi connectivity index (χ1n) is 9.31. The van der Waals surface area contributed by atoms with Gasteiger partial charge in [-0.1, -0.05) is 32.0 Å². The van der Waals surface area contributed by atoms with Gasteiger partial charge in [-0.3, -0.25) is 9.59 Å². The lowest BCUT2D eigenvalue weighted by atomic mass is 9.86. The van der Waals surface area contributed by atoms with Crippen LogP contribution in [0.1, 0.15) is 44.6 Å². The molecule has 2 N–H and O–H groups in total. The molecule has 6 nitrogen and oxygen atoms in total. The maximum absolute atomic E-state index is 12.1. The van der Waals surface area contributed by atoms with Gasteiger partial charge in [-0.25, -0.2) is 0 Å². The van der Waals surface area contributed by atoms with Gasteiger partial charge in [0, 0.05) is 19.8 Å². The molecule has 2 unspecified atom stereocenters. The largest absolute Gasteiger partial charge is 0.483 e. The Bertz CT molecular complexity index is 598. The molecule has 0 aliphatic carbocycles. The Balaban J connectivity index is 1.85. The number of amides is 1. The molecule has 2 rings (SSSR count). The van der Waals surface area contributed by atoms with E-state index in [0.717, 1.165) is 12.0 Å². The monoisotopic (exact) mass is 363 g/mol. The van der Waals surface area contributed by atoms with Gasteiger partial charge in [0.25, 0.3) is 5.91 Å². The van der Waals surface area contributed by atoms with E-state index in [1.807, 2.05) is 24.3 Å². The highest BCUT2D eigenvalue weighted by Crippen LogP contribution is 2.28. The average molecular weight is 363 g/mol. The molecule has 1 saturated heterocycles. The van der Waals surface area contributed by atoms with Crippen LogP contribution in [0, 0.1) is 11.8 Å². The Hall–Kier alpha value is -2.08. The average Bonchev–Trinajstić information content (AvgIpc) is 2.66. The van der Waals surface area contributed by atoms with Crippen molar-refractivity contribution < 1.29 is 24.2 Å². The van der Waals surface area contributed by atoms with Crippen LogP contribution < -0.4 is 10.1 Å². The molecule has 144 valence electrons. The molecule has 0 saturated carbocycles. The standard InChI is InChI=1S/C20H29NO5/c1-3-14(2)16-6-4-5-7-18(16)26-13-19(22)21-12-17(20(23)24)15-8-10-25-11-9-15/h4-7,14-15,17H,3,8-13H2,1-2H3,(H,21,22)(H,23,24). The molecule has 0 spiro atoms. The van der Waals surface area contributed by atoms with Crippen molar-refractivity contribution in [3.05, 3.63) is 29.8 Å². The summed E-state index contributed by atoms with van der Waals surface area (Å²) in [5, 5.41) is 12.2. The topological polar surface area (TPSA) is 84.9 Å². The van der Waals surface area contributed by atoms with Gasteiger partial charge in [0.05, 0.1) is 5.92 Å². The lowest BCUT2D eigenvalue weighted by Crippen LogP contribution is -2.40. The molecule has 1 fully saturated rings. The van der Waals surface area contributed by atoms with Crippen LogP contribution >= 0.6 is 0 Å². The summed E-state index contributed by atoms with van der Waals surface area (Å²) in [6.45, 7) is 5.39. The van der Waals surface area contributed by atoms with E-state index >= 15 is 0 Å². The number of hydrogen-bond acceptors (Lipinski definition) is 4. The van der Waals surface area contributed by atoms with Gasteiger partial charge in [-0.15, -0.1) is 0 Å². The third-order valence-corrected chi connectivity index (χ3v) is 5.09. The first-order chi connectivity index (χ1) is 12.5. The van der Waals surface area contributed by atoms with Crippen LogP contribution in [-0.4, -0.2) is 43.3 Å². The van der Waals surface area contributed by atoms with Gasteiger partial charge in [-0.2, -0.15) is 0 Å². The minimum Gasteiger partial charge on any atom is -0.483 e. The predicted molar refractivity (Wildman–Crippen MR) is 98.3 cm³/mol. The number of aliphatic carboxylic acids is 1. The smallest absolute Gasteiger partial charge is 0.308 e. The number of carboxylic acid groups (broad SMARTS) is 1. The van der Waals surface area contributed by atoms with E-state index in [2.05, 4.69) is 19.2 Å². The molecule has 1 aromatic rings. The molecule has 1 amide bonds. The van der Waals surface area contributed by atoms with Gasteiger partial charge in [0.2, 0.25) is 0 Å². The summed E-state index contributed by atoms with van der Waals surface area (Å²) < 4.78 is 11.0. The van der Waals surface area contributed by atoms with E-state index in [1.165, 1.54) is 0 Å². The summed E-state index contributed by atoms with van der Waals surface area (Å²) in [5.74, 6) is -0.679. The highest BCUT2D eigenvalue weighted by molar-refractivity contribution is 5.78. The molecule has 0 bridgehead atoms. The molecule has 2 atom stereocenters. The van der Waals surface area contributed by atoms with Crippen molar-refractivity contribution in [2.75, 3.05) is 26.4 Å². The zero-order valence-electron chi connectivity index (χ0n) is 15.6. The van der Waals surface area contributed by atoms with Gasteiger partial charge >= 0.3 is 5.97 Å². The highest BCUT2D eigenvalue weighted by atomic mass is 16.5. The zero-order chi connectivity index (χ0) is 18.9. The third-order valence-electron chi connectivity index (χ3n) is 5.09. The molecule has 6 heteroatoms. The Morgan fingerprint density at radius 2 is 2.00 bits per heavy atom. The number of benzene rings is 1. The van der Waals surface area contributed by atoms with Crippen LogP contribution in [0.4, 0.5) is 0 Å². The summed E-state index contributed by atoms with van der Waals surface area (Å²) >= 11 is 0. The third kappa shape index (κ3) is 5.73. The van der Waals surface area contributed by atoms with E-state index < -0.39 is 11.9 Å². The van der Waals surface area contributed by atoms with Crippen molar-refractivity contribution in [3.63, 3.8) is 0 Å². The Labute approximate surface area is 154 Å². The van der Waals surface area contributed by atoms with Gasteiger partial charge < -0.3 is 19.9 Å². The fourth-order valence-corrected chi connectivity index (χ4v) is 3.23. The van der Waals surface area contributed by atoms with Crippen molar-refractivity contribution in [3.8, 4) is 5.75 Å². The highest BCUT2D eigenvalue weighted by Gasteiger charge is 2.30. The second kappa shape index (κ2) is 10.2. The van der Waals surface area contributed by atoms with E-state index in [9.17, 15) is 14.7 Å². The van der Waals surface area contributed by atoms with Crippen LogP contribution in [0.25, 0.3) is 0 Å². The van der Waals surface area contributed by atoms with Crippen LogP contribution in [0.2, 0.25) is 0 Å². The van der Waals surface area contributed by atoms with Crippen molar-refractivity contribution in [2.24, 2.45) is 11.8 Å². The summed E-state index contributed by atoms with van der Waals surface area (Å²) in [4.78, 5) is 23.6. The first-order valence-corrected chi connectivity index (χ1v) is 9.31. The molecule has 0 radical (unpaired) electrons. The Morgan fingerprint density at radius 3 is 2.65 bits per heavy atom. The predicted octanol–water partition coefficient (Wildman–Crippen LogP) is 2.82. The van der Waals surface area contributed by atoms with E-state index in [4.69, 9.17) is 9.47 Å². The molecule has 1 heterocycles. The normalized spacial score (nSPS) is 17.3. The van der Waals surface area contributed by atoms with E-state index in [1.54, 1.807) is 0 Å². The molecule has 0 aromatic heterocycles. The second-order valence-corrected chi connectivity index (χ2v) is 6.83. The number of carboxylic acids is 1. The van der Waals surface area contributed by atoms with Crippen molar-refractivity contribution in [1.82, 2.24) is 5.32 Å². The van der Waals surface area contributed by atoms with E-state index in [-0.39, 0.29) is 25.0 Å². The second-order valence-electron chi connectivity index (χ2n) is 6.83. The molecule has 1 aliphatic heterocycles. The lowest BCUT2D eigenvalue weighted by molar-refractivity contribution is -0.145. The number of ether oxygens (including phenoxy) is 2. The first kappa shape index (κ1) is 20.2. The number of carbonyl (C=O) groups excluding carboxylic acids is 1. The van der Waals surface area contributed by atoms with Crippen molar-refractivity contribution in [2.45, 2.75) is 39.0 Å². The van der Waals surface area contributed by atoms with Crippen molar-refractivity contribution >= 4 is 11.9 Å². The number of hydrogen-bond donors (Lipinski definition) is 2. The van der Waals surface area contributed by atoms with Gasteiger partial charge in [0.15, 0.2) is 6.61 Å². The lowest BCUT2D eigenvalue weighted by Gasteiger charge is -2.27. The molecular formula is C20H29NO5. The summed E-state index contributed by atoms with van der Waals surface area (Å²) in [6, 6.07) is 7.70. The molecular weight excluding hydrogens is 334 g/mol. The fourth-order valence-electron chi connectivity index (χ4n) is 3.23. The van der Waals surface area contributed by atoms with Gasteiger partial charge in [-0.05, 0) is 42.7 Å². The van der Waals surface area contributed by atoms with Gasteiger partial charge in [0.1, 0.15) is 5.75 Å². The molecule has 1 aliphatic rings. The fraction of sp³-hybridized carbons (Fsp3) is 0.600. The molecule has 26 heavy (non-hydrogen) atoms. The Kier molecular flexibility index (Phi) is 7.91. The minimum absolute atomic E-state index is 0.0357. The summed E-state index contributed by atoms with van der Waals surface area (Å²) in [7, 11) is 0. The Morgan fingerprint density at radius 1 is 1.31 bits per heavy atom. The maximum Gasteiger partial charge on any atom is 0.308 e. The van der Waals surface area contributed by atoms with Crippen molar-refractivity contribution in [1.29, 1.82) is 0 Å². The number of rotatable bonds is 9. The van der Waals surface area contributed by atoms with Crippen LogP contribution in [0.15, 0.2) is 24.3 Å². The molecule has 1 aromatic carbocycles. The quantitative estimate of drug-likeness (QED) is 0.705. The zero-order valence-corrected chi connectivity index (χ0v) is 15.6. The van der Waals surface area contributed by atoms with E-state index in [0.29, 0.717) is 37.7 Å². The van der Waals surface area contributed by atoms with Crippen LogP contribution in [0.3, 0.4) is 0 Å². The summed E-state index contributed by atoms with van der Waals surface area (Å²) in [6.07, 6.45) is 2.41. The maximum atomic E-state index is 12.1. The summed E-state index contributed by atoms with van der Waals surface area (Å²) in [5.41, 5.74) is 1.08. The van der Waals surface area contributed by atoms with Crippen LogP contribution in [-0.2, 0) is 14.3 Å². The number of carbonyl (C=O) groups is 2. The van der Waals surface area contributed by atoms with Crippen LogP contribution in [0.5, 0.6) is 5.75 Å². The SMILES string of the molecule is CCC(C)c1ccccc1OCC(=O)NCC(C(=O)O)C1CCOCC1. The minimum atomic E-state index is -0.875. The number of nitrogens with one attached hydrogen (secondary N) is 1.